The van der Waals surface area contributed by atoms with Crippen molar-refractivity contribution in [2.24, 2.45) is 5.92 Å². The second kappa shape index (κ2) is 6.87. The van der Waals surface area contributed by atoms with E-state index in [1.807, 2.05) is 18.2 Å². The maximum Gasteiger partial charge on any atom is 0.338 e. The number of nitro groups is 1. The monoisotopic (exact) mass is 364 g/mol. The summed E-state index contributed by atoms with van der Waals surface area (Å²) in [5, 5.41) is 14.7. The predicted octanol–water partition coefficient (Wildman–Crippen LogP) is 4.60. The molecule has 138 valence electrons. The van der Waals surface area contributed by atoms with Gasteiger partial charge < -0.3 is 10.1 Å². The van der Waals surface area contributed by atoms with Crippen LogP contribution in [0.4, 0.5) is 11.4 Å². The van der Waals surface area contributed by atoms with E-state index in [0.29, 0.717) is 12.2 Å². The zero-order valence-electron chi connectivity index (χ0n) is 14.9. The normalized spacial score (nSPS) is 22.5. The van der Waals surface area contributed by atoms with Gasteiger partial charge in [0.05, 0.1) is 23.1 Å². The van der Waals surface area contributed by atoms with Gasteiger partial charge in [0, 0.05) is 23.7 Å². The lowest BCUT2D eigenvalue weighted by atomic mass is 9.76. The second-order valence-electron chi connectivity index (χ2n) is 6.85. The number of carbonyl (C=O) groups excluding carboxylic acids is 1. The molecule has 2 aliphatic rings. The Kier molecular flexibility index (Phi) is 4.39. The number of nitrogens with one attached hydrogen (secondary N) is 1. The molecule has 6 nitrogen and oxygen atoms in total. The molecule has 1 aliphatic heterocycles. The van der Waals surface area contributed by atoms with E-state index in [0.717, 1.165) is 23.2 Å². The Balaban J connectivity index is 1.71. The quantitative estimate of drug-likeness (QED) is 0.371. The number of allylic oxidation sites excluding steroid dienone is 2. The molecule has 0 unspecified atom stereocenters. The van der Waals surface area contributed by atoms with Crippen molar-refractivity contribution < 1.29 is 14.5 Å². The molecule has 0 saturated carbocycles. The first-order valence-electron chi connectivity index (χ1n) is 9.07. The van der Waals surface area contributed by atoms with Gasteiger partial charge in [0.25, 0.3) is 5.69 Å². The van der Waals surface area contributed by atoms with E-state index in [-0.39, 0.29) is 34.5 Å². The Morgan fingerprint density at radius 2 is 2.15 bits per heavy atom. The van der Waals surface area contributed by atoms with Crippen LogP contribution in [0.5, 0.6) is 0 Å². The third-order valence-corrected chi connectivity index (χ3v) is 5.31. The number of benzene rings is 2. The Labute approximate surface area is 157 Å². The summed E-state index contributed by atoms with van der Waals surface area (Å²) in [6, 6.07) is 12.3. The number of hydrogen-bond donors (Lipinski definition) is 1. The van der Waals surface area contributed by atoms with Gasteiger partial charge in [-0.25, -0.2) is 4.79 Å². The molecule has 2 aromatic rings. The van der Waals surface area contributed by atoms with Crippen LogP contribution in [0.25, 0.3) is 0 Å². The van der Waals surface area contributed by atoms with Gasteiger partial charge in [0.15, 0.2) is 0 Å². The maximum atomic E-state index is 12.1. The number of fused-ring (bicyclic) bond motifs is 3. The number of rotatable bonds is 4. The average Bonchev–Trinajstić information content (AvgIpc) is 3.17. The van der Waals surface area contributed by atoms with Gasteiger partial charge in [-0.3, -0.25) is 10.1 Å². The van der Waals surface area contributed by atoms with Gasteiger partial charge in [-0.2, -0.15) is 0 Å². The molecule has 27 heavy (non-hydrogen) atoms. The lowest BCUT2D eigenvalue weighted by molar-refractivity contribution is -0.384. The minimum absolute atomic E-state index is 0.0224. The van der Waals surface area contributed by atoms with Crippen LogP contribution in [0, 0.1) is 16.0 Å². The Morgan fingerprint density at radius 1 is 1.30 bits per heavy atom. The van der Waals surface area contributed by atoms with Crippen molar-refractivity contribution in [2.75, 3.05) is 11.9 Å². The molecule has 0 aromatic heterocycles. The molecule has 0 fully saturated rings. The first kappa shape index (κ1) is 17.3. The van der Waals surface area contributed by atoms with Crippen molar-refractivity contribution in [1.29, 1.82) is 0 Å². The summed E-state index contributed by atoms with van der Waals surface area (Å²) >= 11 is 0. The van der Waals surface area contributed by atoms with Crippen LogP contribution in [-0.2, 0) is 4.74 Å². The third kappa shape index (κ3) is 3.07. The van der Waals surface area contributed by atoms with Crippen LogP contribution in [0.2, 0.25) is 0 Å². The summed E-state index contributed by atoms with van der Waals surface area (Å²) in [4.78, 5) is 22.9. The number of nitro benzene ring substituents is 1. The van der Waals surface area contributed by atoms with Crippen LogP contribution < -0.4 is 5.32 Å². The van der Waals surface area contributed by atoms with Gasteiger partial charge in [-0.1, -0.05) is 24.3 Å². The lowest BCUT2D eigenvalue weighted by Crippen LogP contribution is -2.29. The molecule has 0 bridgehead atoms. The highest BCUT2D eigenvalue weighted by molar-refractivity contribution is 5.90. The molecule has 0 radical (unpaired) electrons. The van der Waals surface area contributed by atoms with Crippen molar-refractivity contribution in [3.63, 3.8) is 0 Å². The van der Waals surface area contributed by atoms with Crippen molar-refractivity contribution in [1.82, 2.24) is 0 Å². The fourth-order valence-corrected chi connectivity index (χ4v) is 4.10. The topological polar surface area (TPSA) is 81.5 Å². The molecule has 1 heterocycles. The molecule has 4 rings (SSSR count). The van der Waals surface area contributed by atoms with Crippen molar-refractivity contribution in [3.05, 3.63) is 81.4 Å². The molecule has 6 heteroatoms. The van der Waals surface area contributed by atoms with Gasteiger partial charge in [-0.05, 0) is 48.6 Å². The molecule has 0 spiro atoms. The Hall–Kier alpha value is -3.15. The largest absolute Gasteiger partial charge is 0.462 e. The SMILES string of the molecule is CCOC(=O)c1ccc2c(c1)[C@H]1C=CC[C@@H]1[C@H](c1cccc([N+](=O)[O-])c1)N2. The summed E-state index contributed by atoms with van der Waals surface area (Å²) in [7, 11) is 0. The number of anilines is 1. The molecule has 0 saturated heterocycles. The minimum atomic E-state index is -0.365. The predicted molar refractivity (Wildman–Crippen MR) is 102 cm³/mol. The molecule has 2 aromatic carbocycles. The highest BCUT2D eigenvalue weighted by atomic mass is 16.6. The number of esters is 1. The summed E-state index contributed by atoms with van der Waals surface area (Å²) in [5.74, 6) is 0.0940. The van der Waals surface area contributed by atoms with E-state index in [2.05, 4.69) is 17.5 Å². The van der Waals surface area contributed by atoms with Crippen LogP contribution >= 0.6 is 0 Å². The molecular formula is C21H20N2O4. The number of nitrogens with zero attached hydrogens (tertiary/aromatic N) is 1. The second-order valence-corrected chi connectivity index (χ2v) is 6.85. The van der Waals surface area contributed by atoms with Crippen LogP contribution in [0.3, 0.4) is 0 Å². The van der Waals surface area contributed by atoms with Gasteiger partial charge in [-0.15, -0.1) is 0 Å². The zero-order valence-corrected chi connectivity index (χ0v) is 14.9. The minimum Gasteiger partial charge on any atom is -0.462 e. The molecule has 1 N–H and O–H groups in total. The van der Waals surface area contributed by atoms with Gasteiger partial charge >= 0.3 is 5.97 Å². The third-order valence-electron chi connectivity index (χ3n) is 5.31. The fraction of sp³-hybridized carbons (Fsp3) is 0.286. The Morgan fingerprint density at radius 3 is 2.93 bits per heavy atom. The van der Waals surface area contributed by atoms with Crippen LogP contribution in [-0.4, -0.2) is 17.5 Å². The first-order chi connectivity index (χ1) is 13.1. The standard InChI is InChI=1S/C21H20N2O4/c1-2-27-21(24)14-9-10-19-18(12-14)16-7-4-8-17(16)20(22-19)13-5-3-6-15(11-13)23(25)26/h3-7,9-12,16-17,20,22H,2,8H2,1H3/t16-,17-,20-/m0/s1. The lowest BCUT2D eigenvalue weighted by Gasteiger charge is -2.37. The summed E-state index contributed by atoms with van der Waals surface area (Å²) in [6.07, 6.45) is 5.20. The summed E-state index contributed by atoms with van der Waals surface area (Å²) < 4.78 is 5.12. The fourth-order valence-electron chi connectivity index (χ4n) is 4.10. The van der Waals surface area contributed by atoms with E-state index in [1.54, 1.807) is 25.1 Å². The molecule has 0 amide bonds. The molecule has 3 atom stereocenters. The average molecular weight is 364 g/mol. The smallest absolute Gasteiger partial charge is 0.338 e. The zero-order chi connectivity index (χ0) is 19.0. The van der Waals surface area contributed by atoms with Gasteiger partial charge in [0.1, 0.15) is 0 Å². The maximum absolute atomic E-state index is 12.1. The van der Waals surface area contributed by atoms with Crippen molar-refractivity contribution >= 4 is 17.3 Å². The van der Waals surface area contributed by atoms with Crippen molar-refractivity contribution in [3.8, 4) is 0 Å². The number of hydrogen-bond acceptors (Lipinski definition) is 5. The molecular weight excluding hydrogens is 344 g/mol. The summed E-state index contributed by atoms with van der Waals surface area (Å²) in [6.45, 7) is 2.13. The molecule has 1 aliphatic carbocycles. The van der Waals surface area contributed by atoms with E-state index in [1.165, 1.54) is 6.07 Å². The highest BCUT2D eigenvalue weighted by Crippen LogP contribution is 2.50. The Bertz CT molecular complexity index is 938. The van der Waals surface area contributed by atoms with E-state index >= 15 is 0 Å². The number of ether oxygens (including phenoxy) is 1. The van der Waals surface area contributed by atoms with E-state index < -0.39 is 0 Å². The van der Waals surface area contributed by atoms with E-state index in [9.17, 15) is 14.9 Å². The van der Waals surface area contributed by atoms with Crippen LogP contribution in [0.15, 0.2) is 54.6 Å². The first-order valence-corrected chi connectivity index (χ1v) is 9.07. The van der Waals surface area contributed by atoms with Gasteiger partial charge in [0.2, 0.25) is 0 Å². The number of carbonyl (C=O) groups is 1. The van der Waals surface area contributed by atoms with E-state index in [4.69, 9.17) is 4.74 Å². The van der Waals surface area contributed by atoms with Crippen LogP contribution in [0.1, 0.15) is 46.8 Å². The van der Waals surface area contributed by atoms with Crippen molar-refractivity contribution in [2.45, 2.75) is 25.3 Å². The summed E-state index contributed by atoms with van der Waals surface area (Å²) in [5.41, 5.74) is 3.57. The number of non-ortho nitro benzene ring substituents is 1. The highest BCUT2D eigenvalue weighted by Gasteiger charge is 2.38.